The lowest BCUT2D eigenvalue weighted by Gasteiger charge is -2.18. The Kier molecular flexibility index (Phi) is 3.13. The quantitative estimate of drug-likeness (QED) is 0.839. The van der Waals surface area contributed by atoms with Crippen molar-refractivity contribution >= 4 is 39.3 Å². The van der Waals surface area contributed by atoms with Gasteiger partial charge in [-0.2, -0.15) is 0 Å². The van der Waals surface area contributed by atoms with E-state index in [0.717, 1.165) is 17.4 Å². The number of carbonyl (C=O) groups is 1. The monoisotopic (exact) mass is 271 g/mol. The fourth-order valence-electron chi connectivity index (χ4n) is 1.48. The molecule has 0 saturated carbocycles. The second-order valence-corrected chi connectivity index (χ2v) is 4.85. The number of rotatable bonds is 2. The molecule has 0 saturated heterocycles. The summed E-state index contributed by atoms with van der Waals surface area (Å²) < 4.78 is 0. The standard InChI is InChI=1S/C10H10BrNOS/c11-5-4-7-2-1-3-8-10(7)14-6-9(13)12-8/h1-3H,4-6H2,(H,12,13). The SMILES string of the molecule is O=C1CSc2c(CCBr)cccc2N1. The summed E-state index contributed by atoms with van der Waals surface area (Å²) in [5, 5.41) is 3.84. The molecule has 0 atom stereocenters. The normalized spacial score (nSPS) is 14.8. The van der Waals surface area contributed by atoms with Crippen LogP contribution in [-0.2, 0) is 11.2 Å². The van der Waals surface area contributed by atoms with Gasteiger partial charge >= 0.3 is 0 Å². The number of aryl methyl sites for hydroxylation is 1. The van der Waals surface area contributed by atoms with Crippen molar-refractivity contribution < 1.29 is 4.79 Å². The van der Waals surface area contributed by atoms with Gasteiger partial charge in [0.2, 0.25) is 5.91 Å². The van der Waals surface area contributed by atoms with Crippen molar-refractivity contribution in [1.82, 2.24) is 0 Å². The number of hydrogen-bond acceptors (Lipinski definition) is 2. The number of hydrogen-bond donors (Lipinski definition) is 1. The highest BCUT2D eigenvalue weighted by molar-refractivity contribution is 9.09. The van der Waals surface area contributed by atoms with Gasteiger partial charge < -0.3 is 5.32 Å². The van der Waals surface area contributed by atoms with Gasteiger partial charge in [-0.15, -0.1) is 11.8 Å². The second-order valence-electron chi connectivity index (χ2n) is 3.07. The molecule has 2 rings (SSSR count). The van der Waals surface area contributed by atoms with Crippen LogP contribution in [0, 0.1) is 0 Å². The van der Waals surface area contributed by atoms with Crippen molar-refractivity contribution in [1.29, 1.82) is 0 Å². The Hall–Kier alpha value is -0.480. The summed E-state index contributed by atoms with van der Waals surface area (Å²) in [5.41, 5.74) is 2.27. The third-order valence-electron chi connectivity index (χ3n) is 2.08. The molecule has 0 bridgehead atoms. The fraction of sp³-hybridized carbons (Fsp3) is 0.300. The molecule has 1 aromatic rings. The highest BCUT2D eigenvalue weighted by Gasteiger charge is 2.17. The highest BCUT2D eigenvalue weighted by atomic mass is 79.9. The van der Waals surface area contributed by atoms with E-state index < -0.39 is 0 Å². The summed E-state index contributed by atoms with van der Waals surface area (Å²) in [6, 6.07) is 6.06. The van der Waals surface area contributed by atoms with E-state index in [2.05, 4.69) is 27.3 Å². The first kappa shape index (κ1) is 10.1. The molecule has 1 heterocycles. The molecule has 4 heteroatoms. The van der Waals surface area contributed by atoms with E-state index >= 15 is 0 Å². The van der Waals surface area contributed by atoms with Crippen LogP contribution >= 0.6 is 27.7 Å². The van der Waals surface area contributed by atoms with Crippen LogP contribution in [0.25, 0.3) is 0 Å². The Bertz CT molecular complexity index is 367. The van der Waals surface area contributed by atoms with Gasteiger partial charge in [0.05, 0.1) is 11.4 Å². The number of halogens is 1. The van der Waals surface area contributed by atoms with Gasteiger partial charge in [0.15, 0.2) is 0 Å². The molecular formula is C10H10BrNOS. The summed E-state index contributed by atoms with van der Waals surface area (Å²) in [5.74, 6) is 0.630. The van der Waals surface area contributed by atoms with Gasteiger partial charge in [-0.3, -0.25) is 4.79 Å². The van der Waals surface area contributed by atoms with Crippen LogP contribution in [-0.4, -0.2) is 17.0 Å². The predicted octanol–water partition coefficient (Wildman–Crippen LogP) is 2.67. The van der Waals surface area contributed by atoms with Crippen LogP contribution in [0.15, 0.2) is 23.1 Å². The first-order valence-corrected chi connectivity index (χ1v) is 6.52. The molecule has 0 aliphatic carbocycles. The lowest BCUT2D eigenvalue weighted by Crippen LogP contribution is -2.19. The van der Waals surface area contributed by atoms with E-state index in [1.165, 1.54) is 10.5 Å². The molecule has 1 aliphatic rings. The van der Waals surface area contributed by atoms with Crippen LogP contribution in [0.4, 0.5) is 5.69 Å². The maximum Gasteiger partial charge on any atom is 0.234 e. The van der Waals surface area contributed by atoms with Crippen LogP contribution < -0.4 is 5.32 Å². The Morgan fingerprint density at radius 1 is 1.50 bits per heavy atom. The molecule has 0 fully saturated rings. The van der Waals surface area contributed by atoms with Gasteiger partial charge in [0.1, 0.15) is 0 Å². The Morgan fingerprint density at radius 3 is 3.14 bits per heavy atom. The number of amides is 1. The molecule has 14 heavy (non-hydrogen) atoms. The van der Waals surface area contributed by atoms with Crippen molar-refractivity contribution in [2.45, 2.75) is 11.3 Å². The lowest BCUT2D eigenvalue weighted by atomic mass is 10.1. The number of anilines is 1. The van der Waals surface area contributed by atoms with E-state index in [1.54, 1.807) is 11.8 Å². The second kappa shape index (κ2) is 4.36. The van der Waals surface area contributed by atoms with Gasteiger partial charge in [0, 0.05) is 10.2 Å². The van der Waals surface area contributed by atoms with E-state index in [-0.39, 0.29) is 5.91 Å². The third-order valence-corrected chi connectivity index (χ3v) is 3.66. The van der Waals surface area contributed by atoms with E-state index in [4.69, 9.17) is 0 Å². The maximum absolute atomic E-state index is 11.2. The van der Waals surface area contributed by atoms with Crippen molar-refractivity contribution in [3.05, 3.63) is 23.8 Å². The summed E-state index contributed by atoms with van der Waals surface area (Å²) in [6.45, 7) is 0. The zero-order valence-electron chi connectivity index (χ0n) is 7.55. The van der Waals surface area contributed by atoms with Crippen molar-refractivity contribution in [2.24, 2.45) is 0 Å². The molecule has 74 valence electrons. The summed E-state index contributed by atoms with van der Waals surface area (Å²) in [4.78, 5) is 12.4. The molecular weight excluding hydrogens is 262 g/mol. The molecule has 1 aromatic carbocycles. The molecule has 0 radical (unpaired) electrons. The minimum Gasteiger partial charge on any atom is -0.324 e. The first-order chi connectivity index (χ1) is 6.81. The van der Waals surface area contributed by atoms with Gasteiger partial charge in [-0.05, 0) is 18.1 Å². The number of fused-ring (bicyclic) bond motifs is 1. The molecule has 1 amide bonds. The third kappa shape index (κ3) is 1.96. The van der Waals surface area contributed by atoms with Gasteiger partial charge in [-0.25, -0.2) is 0 Å². The van der Waals surface area contributed by atoms with Crippen molar-refractivity contribution in [3.8, 4) is 0 Å². The summed E-state index contributed by atoms with van der Waals surface area (Å²) >= 11 is 5.06. The zero-order chi connectivity index (χ0) is 9.97. The van der Waals surface area contributed by atoms with E-state index in [9.17, 15) is 4.79 Å². The van der Waals surface area contributed by atoms with Crippen molar-refractivity contribution in [2.75, 3.05) is 16.4 Å². The van der Waals surface area contributed by atoms with Crippen molar-refractivity contribution in [3.63, 3.8) is 0 Å². The largest absolute Gasteiger partial charge is 0.324 e. The Morgan fingerprint density at radius 2 is 2.36 bits per heavy atom. The number of nitrogens with one attached hydrogen (secondary N) is 1. The van der Waals surface area contributed by atoms with Crippen LogP contribution in [0.2, 0.25) is 0 Å². The first-order valence-electron chi connectivity index (χ1n) is 4.42. The molecule has 0 spiro atoms. The average molecular weight is 272 g/mol. The van der Waals surface area contributed by atoms with Crippen LogP contribution in [0.1, 0.15) is 5.56 Å². The molecule has 1 N–H and O–H groups in total. The minimum absolute atomic E-state index is 0.0958. The van der Waals surface area contributed by atoms with Gasteiger partial charge in [0.25, 0.3) is 0 Å². The smallest absolute Gasteiger partial charge is 0.234 e. The average Bonchev–Trinajstić information content (AvgIpc) is 2.18. The maximum atomic E-state index is 11.2. The number of benzene rings is 1. The zero-order valence-corrected chi connectivity index (χ0v) is 9.95. The Balaban J connectivity index is 2.36. The number of thioether (sulfide) groups is 1. The summed E-state index contributed by atoms with van der Waals surface area (Å²) in [7, 11) is 0. The predicted molar refractivity (Wildman–Crippen MR) is 63.3 cm³/mol. The number of alkyl halides is 1. The lowest BCUT2D eigenvalue weighted by molar-refractivity contribution is -0.113. The molecule has 2 nitrogen and oxygen atoms in total. The van der Waals surface area contributed by atoms with Crippen LogP contribution in [0.3, 0.4) is 0 Å². The highest BCUT2D eigenvalue weighted by Crippen LogP contribution is 2.34. The fourth-order valence-corrected chi connectivity index (χ4v) is 2.88. The van der Waals surface area contributed by atoms with Crippen LogP contribution in [0.5, 0.6) is 0 Å². The topological polar surface area (TPSA) is 29.1 Å². The Labute approximate surface area is 95.6 Å². The minimum atomic E-state index is 0.0958. The molecule has 0 unspecified atom stereocenters. The molecule has 0 aromatic heterocycles. The van der Waals surface area contributed by atoms with E-state index in [0.29, 0.717) is 5.75 Å². The molecule has 1 aliphatic heterocycles. The number of carbonyl (C=O) groups excluding carboxylic acids is 1. The van der Waals surface area contributed by atoms with E-state index in [1.807, 2.05) is 12.1 Å². The van der Waals surface area contributed by atoms with Gasteiger partial charge in [-0.1, -0.05) is 28.1 Å². The summed E-state index contributed by atoms with van der Waals surface area (Å²) in [6.07, 6.45) is 1.01.